The molecular formula is C88H145NO8P+. The summed E-state index contributed by atoms with van der Waals surface area (Å²) in [6.07, 6.45) is 118. The number of esters is 2. The number of quaternary nitrogens is 1. The molecule has 554 valence electrons. The van der Waals surface area contributed by atoms with E-state index in [1.165, 1.54) is 116 Å². The Labute approximate surface area is 603 Å². The highest BCUT2D eigenvalue weighted by Gasteiger charge is 2.27. The molecule has 0 spiro atoms. The molecule has 0 fully saturated rings. The van der Waals surface area contributed by atoms with E-state index in [0.717, 1.165) is 148 Å². The Morgan fingerprint density at radius 2 is 0.551 bits per heavy atom. The Morgan fingerprint density at radius 1 is 0.316 bits per heavy atom. The summed E-state index contributed by atoms with van der Waals surface area (Å²) < 4.78 is 34.8. The highest BCUT2D eigenvalue weighted by Crippen LogP contribution is 2.43. The molecule has 2 atom stereocenters. The maximum Gasteiger partial charge on any atom is 0.472 e. The molecule has 98 heavy (non-hydrogen) atoms. The topological polar surface area (TPSA) is 108 Å². The van der Waals surface area contributed by atoms with Crippen LogP contribution < -0.4 is 0 Å². The Kier molecular flexibility index (Phi) is 72.0. The first-order valence-electron chi connectivity index (χ1n) is 39.2. The van der Waals surface area contributed by atoms with Crippen molar-refractivity contribution in [3.8, 4) is 0 Å². The zero-order valence-corrected chi connectivity index (χ0v) is 64.1. The van der Waals surface area contributed by atoms with Gasteiger partial charge in [-0.1, -0.05) is 337 Å². The van der Waals surface area contributed by atoms with E-state index in [0.29, 0.717) is 17.4 Å². The number of ether oxygens (including phenoxy) is 2. The van der Waals surface area contributed by atoms with Gasteiger partial charge in [0.05, 0.1) is 27.7 Å². The Balaban J connectivity index is 4.07. The van der Waals surface area contributed by atoms with E-state index in [-0.39, 0.29) is 32.0 Å². The Bertz CT molecular complexity index is 2360. The number of hydrogen-bond acceptors (Lipinski definition) is 7. The molecule has 0 heterocycles. The second-order valence-electron chi connectivity index (χ2n) is 26.6. The van der Waals surface area contributed by atoms with Gasteiger partial charge in [-0.2, -0.15) is 0 Å². The second-order valence-corrected chi connectivity index (χ2v) is 28.1. The minimum Gasteiger partial charge on any atom is -0.462 e. The molecule has 1 N–H and O–H groups in total. The van der Waals surface area contributed by atoms with Gasteiger partial charge in [0.25, 0.3) is 0 Å². The molecule has 2 unspecified atom stereocenters. The molecule has 9 nitrogen and oxygen atoms in total. The third-order valence-corrected chi connectivity index (χ3v) is 17.1. The predicted molar refractivity (Wildman–Crippen MR) is 426 cm³/mol. The number of likely N-dealkylation sites (N-methyl/N-ethyl adjacent to an activating group) is 1. The lowest BCUT2D eigenvalue weighted by molar-refractivity contribution is -0.870. The molecule has 0 aliphatic heterocycles. The molecule has 0 aromatic heterocycles. The lowest BCUT2D eigenvalue weighted by Gasteiger charge is -2.24. The van der Waals surface area contributed by atoms with Crippen LogP contribution in [-0.4, -0.2) is 74.9 Å². The molecule has 0 bridgehead atoms. The van der Waals surface area contributed by atoms with Crippen LogP contribution >= 0.6 is 7.82 Å². The summed E-state index contributed by atoms with van der Waals surface area (Å²) in [4.78, 5) is 36.0. The molecule has 0 aromatic carbocycles. The summed E-state index contributed by atoms with van der Waals surface area (Å²) in [5, 5.41) is 0. The highest BCUT2D eigenvalue weighted by atomic mass is 31.2. The van der Waals surface area contributed by atoms with Gasteiger partial charge in [0.15, 0.2) is 6.10 Å². The maximum atomic E-state index is 12.9. The molecule has 0 aliphatic rings. The van der Waals surface area contributed by atoms with Crippen molar-refractivity contribution in [3.63, 3.8) is 0 Å². The number of carbonyl (C=O) groups is 2. The van der Waals surface area contributed by atoms with Gasteiger partial charge in [-0.15, -0.1) is 0 Å². The zero-order chi connectivity index (χ0) is 71.1. The van der Waals surface area contributed by atoms with Crippen LogP contribution in [0.2, 0.25) is 0 Å². The van der Waals surface area contributed by atoms with Gasteiger partial charge in [-0.25, -0.2) is 4.57 Å². The number of phosphoric ester groups is 1. The fourth-order valence-electron chi connectivity index (χ4n) is 10.2. The average Bonchev–Trinajstić information content (AvgIpc) is 1.08. The molecule has 0 radical (unpaired) electrons. The average molecular weight is 1380 g/mol. The van der Waals surface area contributed by atoms with Crippen molar-refractivity contribution in [1.29, 1.82) is 0 Å². The van der Waals surface area contributed by atoms with Crippen LogP contribution in [0.15, 0.2) is 194 Å². The molecule has 0 saturated heterocycles. The first-order chi connectivity index (χ1) is 48.0. The van der Waals surface area contributed by atoms with Gasteiger partial charge in [0.1, 0.15) is 19.8 Å². The minimum atomic E-state index is -4.41. The van der Waals surface area contributed by atoms with Gasteiger partial charge in [-0.05, 0) is 141 Å². The largest absolute Gasteiger partial charge is 0.472 e. The third kappa shape index (κ3) is 79.8. The second kappa shape index (κ2) is 76.0. The quantitative estimate of drug-likeness (QED) is 0.0211. The zero-order valence-electron chi connectivity index (χ0n) is 63.2. The van der Waals surface area contributed by atoms with E-state index < -0.39 is 26.5 Å². The van der Waals surface area contributed by atoms with Crippen LogP contribution in [0.1, 0.15) is 296 Å². The van der Waals surface area contributed by atoms with Gasteiger partial charge >= 0.3 is 19.8 Å². The molecule has 10 heteroatoms. The van der Waals surface area contributed by atoms with E-state index in [1.54, 1.807) is 0 Å². The van der Waals surface area contributed by atoms with E-state index in [9.17, 15) is 19.0 Å². The Hall–Kier alpha value is -5.15. The lowest BCUT2D eigenvalue weighted by Crippen LogP contribution is -2.37. The third-order valence-electron chi connectivity index (χ3n) is 16.1. The normalized spacial score (nSPS) is 14.1. The molecule has 0 saturated carbocycles. The lowest BCUT2D eigenvalue weighted by atomic mass is 10.0. The van der Waals surface area contributed by atoms with Crippen molar-refractivity contribution in [2.24, 2.45) is 0 Å². The van der Waals surface area contributed by atoms with E-state index >= 15 is 0 Å². The van der Waals surface area contributed by atoms with Gasteiger partial charge in [-0.3, -0.25) is 18.6 Å². The van der Waals surface area contributed by atoms with Gasteiger partial charge in [0.2, 0.25) is 0 Å². The van der Waals surface area contributed by atoms with E-state index in [2.05, 4.69) is 208 Å². The summed E-state index contributed by atoms with van der Waals surface area (Å²) in [6, 6.07) is 0. The molecule has 0 aliphatic carbocycles. The summed E-state index contributed by atoms with van der Waals surface area (Å²) in [5.74, 6) is -0.808. The van der Waals surface area contributed by atoms with Crippen molar-refractivity contribution in [1.82, 2.24) is 0 Å². The van der Waals surface area contributed by atoms with Crippen molar-refractivity contribution in [3.05, 3.63) is 194 Å². The summed E-state index contributed by atoms with van der Waals surface area (Å²) in [7, 11) is 1.46. The molecule has 0 rings (SSSR count). The smallest absolute Gasteiger partial charge is 0.462 e. The molecular weight excluding hydrogens is 1230 g/mol. The van der Waals surface area contributed by atoms with Crippen molar-refractivity contribution < 1.29 is 42.1 Å². The Morgan fingerprint density at radius 3 is 0.816 bits per heavy atom. The number of unbranched alkanes of at least 4 members (excludes halogenated alkanes) is 24. The van der Waals surface area contributed by atoms with Crippen LogP contribution in [0, 0.1) is 0 Å². The van der Waals surface area contributed by atoms with E-state index in [4.69, 9.17) is 18.5 Å². The predicted octanol–water partition coefficient (Wildman–Crippen LogP) is 26.4. The standard InChI is InChI=1S/C88H144NO8P/c1-6-8-10-12-14-16-18-20-22-24-26-28-30-32-34-36-38-40-41-42-43-44-45-46-47-49-51-53-55-57-59-61-63-65-67-69-71-73-75-77-79-81-88(91)97-86(85-96-98(92,93)95-83-82-89(3,4)5)84-94-87(90)80-78-76-74-72-70-68-66-64-62-60-58-56-54-52-50-48-39-37-35-33-31-29-27-25-23-21-19-17-15-13-11-9-7-2/h8-11,14-17,20-23,26-29,32-35,38-40,42-43,45-46,48-49,51,55,57,86H,6-7,12-13,18-19,24-25,30-31,36-37,41,44,47,50,52-54,56,58-85H2,1-5H3/p+1/b10-8-,11-9-,16-14-,17-15-,22-20-,23-21-,28-26-,29-27-,34-32-,35-33-,40-38-,43-42-,46-45-,48-39-,51-49-,57-55-. The van der Waals surface area contributed by atoms with E-state index in [1.807, 2.05) is 21.1 Å². The maximum absolute atomic E-state index is 12.9. The van der Waals surface area contributed by atoms with Gasteiger partial charge in [0, 0.05) is 12.8 Å². The van der Waals surface area contributed by atoms with Crippen LogP contribution in [-0.2, 0) is 32.7 Å². The number of rotatable bonds is 70. The number of nitrogens with zero attached hydrogens (tertiary/aromatic N) is 1. The van der Waals surface area contributed by atoms with Crippen molar-refractivity contribution in [2.75, 3.05) is 47.5 Å². The number of phosphoric acid groups is 1. The number of carbonyl (C=O) groups excluding carboxylic acids is 2. The van der Waals surface area contributed by atoms with Crippen molar-refractivity contribution >= 4 is 19.8 Å². The minimum absolute atomic E-state index is 0.0224. The summed E-state index contributed by atoms with van der Waals surface area (Å²) >= 11 is 0. The highest BCUT2D eigenvalue weighted by molar-refractivity contribution is 7.47. The summed E-state index contributed by atoms with van der Waals surface area (Å²) in [5.41, 5.74) is 0. The number of hydrogen-bond donors (Lipinski definition) is 1. The fourth-order valence-corrected chi connectivity index (χ4v) is 11.0. The van der Waals surface area contributed by atoms with Crippen LogP contribution in [0.5, 0.6) is 0 Å². The molecule has 0 aromatic rings. The van der Waals surface area contributed by atoms with Crippen molar-refractivity contribution in [2.45, 2.75) is 302 Å². The van der Waals surface area contributed by atoms with Crippen LogP contribution in [0.25, 0.3) is 0 Å². The van der Waals surface area contributed by atoms with Gasteiger partial charge < -0.3 is 18.9 Å². The fraction of sp³-hybridized carbons (Fsp3) is 0.614. The van der Waals surface area contributed by atoms with Crippen LogP contribution in [0.3, 0.4) is 0 Å². The monoisotopic (exact) mass is 1380 g/mol. The van der Waals surface area contributed by atoms with Crippen LogP contribution in [0.4, 0.5) is 0 Å². The first kappa shape index (κ1) is 92.8. The molecule has 0 amide bonds. The number of allylic oxidation sites excluding steroid dienone is 32. The first-order valence-corrected chi connectivity index (χ1v) is 40.7. The summed E-state index contributed by atoms with van der Waals surface area (Å²) in [6.45, 7) is 4.20. The SMILES string of the molecule is CC/C=C\C/C=C\C/C=C\C/C=C\C/C=C\C/C=C\C/C=C\C/C=C\C/C=C\C/C=C\CCCCCCCCCCCCC(=O)OC(COC(=O)CCCCCCCCCCCCCCCC/C=C\C/C=C\C/C=C\C/C=C\C/C=C\C/C=C\CC)COP(=O)(O)OCC[N+](C)(C)C.